The number of carbonyl (C=O) groups excluding carboxylic acids is 2. The standard InChI is InChI=1S/C27H33N3O5/c1-33-25-17-22(35-21-8-12-28-13-9-21)7-6-19(25)16-26(31)29-14-10-20(11-15-29)30-18-34-27(32)23-4-2-3-5-24(23)30/h2-7,17,20-21,28H,8-16,18H2,1H3. The third-order valence-electron chi connectivity index (χ3n) is 7.22. The molecule has 35 heavy (non-hydrogen) atoms. The zero-order valence-electron chi connectivity index (χ0n) is 20.2. The van der Waals surface area contributed by atoms with E-state index in [0.29, 0.717) is 30.8 Å². The molecular weight excluding hydrogens is 446 g/mol. The van der Waals surface area contributed by atoms with Gasteiger partial charge in [0.2, 0.25) is 5.91 Å². The summed E-state index contributed by atoms with van der Waals surface area (Å²) in [5.74, 6) is 1.30. The first-order valence-electron chi connectivity index (χ1n) is 12.5. The van der Waals surface area contributed by atoms with E-state index in [4.69, 9.17) is 14.2 Å². The van der Waals surface area contributed by atoms with Gasteiger partial charge in [-0.1, -0.05) is 18.2 Å². The first-order chi connectivity index (χ1) is 17.1. The van der Waals surface area contributed by atoms with Gasteiger partial charge >= 0.3 is 5.97 Å². The highest BCUT2D eigenvalue weighted by molar-refractivity contribution is 5.97. The van der Waals surface area contributed by atoms with E-state index in [1.807, 2.05) is 41.3 Å². The Bertz CT molecular complexity index is 1060. The van der Waals surface area contributed by atoms with Crippen molar-refractivity contribution >= 4 is 17.6 Å². The number of anilines is 1. The Morgan fingerprint density at radius 3 is 2.63 bits per heavy atom. The highest BCUT2D eigenvalue weighted by Crippen LogP contribution is 2.31. The van der Waals surface area contributed by atoms with E-state index in [1.165, 1.54) is 0 Å². The zero-order chi connectivity index (χ0) is 24.2. The highest BCUT2D eigenvalue weighted by Gasteiger charge is 2.32. The molecule has 1 amide bonds. The van der Waals surface area contributed by atoms with E-state index >= 15 is 0 Å². The third kappa shape index (κ3) is 5.22. The van der Waals surface area contributed by atoms with E-state index in [9.17, 15) is 9.59 Å². The van der Waals surface area contributed by atoms with Gasteiger partial charge in [-0.05, 0) is 57.0 Å². The summed E-state index contributed by atoms with van der Waals surface area (Å²) in [6.07, 6.45) is 4.15. The zero-order valence-corrected chi connectivity index (χ0v) is 20.2. The minimum Gasteiger partial charge on any atom is -0.496 e. The third-order valence-corrected chi connectivity index (χ3v) is 7.22. The second kappa shape index (κ2) is 10.6. The SMILES string of the molecule is COc1cc(OC2CCNCC2)ccc1CC(=O)N1CCC(N2COC(=O)c3ccccc32)CC1. The first-order valence-corrected chi connectivity index (χ1v) is 12.5. The van der Waals surface area contributed by atoms with E-state index < -0.39 is 0 Å². The summed E-state index contributed by atoms with van der Waals surface area (Å²) in [4.78, 5) is 29.3. The van der Waals surface area contributed by atoms with Gasteiger partial charge in [0, 0.05) is 30.8 Å². The molecule has 2 fully saturated rings. The van der Waals surface area contributed by atoms with Gasteiger partial charge in [0.1, 0.15) is 17.6 Å². The molecule has 8 heteroatoms. The van der Waals surface area contributed by atoms with Crippen LogP contribution in [-0.2, 0) is 16.0 Å². The number of ether oxygens (including phenoxy) is 3. The number of hydrogen-bond donors (Lipinski definition) is 1. The molecule has 3 aliphatic rings. The lowest BCUT2D eigenvalue weighted by Crippen LogP contribution is -2.49. The summed E-state index contributed by atoms with van der Waals surface area (Å²) < 4.78 is 17.1. The number of carbonyl (C=O) groups is 2. The monoisotopic (exact) mass is 479 g/mol. The molecule has 5 rings (SSSR count). The fourth-order valence-electron chi connectivity index (χ4n) is 5.23. The summed E-state index contributed by atoms with van der Waals surface area (Å²) in [6.45, 7) is 3.56. The number of nitrogens with zero attached hydrogens (tertiary/aromatic N) is 2. The molecule has 0 radical (unpaired) electrons. The molecule has 3 aliphatic heterocycles. The van der Waals surface area contributed by atoms with Crippen LogP contribution in [0.25, 0.3) is 0 Å². The number of benzene rings is 2. The number of nitrogens with one attached hydrogen (secondary N) is 1. The predicted octanol–water partition coefficient (Wildman–Crippen LogP) is 2.99. The van der Waals surface area contributed by atoms with Crippen LogP contribution >= 0.6 is 0 Å². The number of rotatable bonds is 6. The van der Waals surface area contributed by atoms with Crippen LogP contribution in [-0.4, -0.2) is 68.9 Å². The maximum Gasteiger partial charge on any atom is 0.341 e. The first kappa shape index (κ1) is 23.5. The van der Waals surface area contributed by atoms with Crippen molar-refractivity contribution in [3.8, 4) is 11.5 Å². The topological polar surface area (TPSA) is 80.3 Å². The van der Waals surface area contributed by atoms with Crippen molar-refractivity contribution in [1.82, 2.24) is 10.2 Å². The molecule has 1 N–H and O–H groups in total. The highest BCUT2D eigenvalue weighted by atomic mass is 16.5. The predicted molar refractivity (Wildman–Crippen MR) is 132 cm³/mol. The van der Waals surface area contributed by atoms with Gasteiger partial charge in [-0.25, -0.2) is 4.79 Å². The largest absolute Gasteiger partial charge is 0.496 e. The van der Waals surface area contributed by atoms with Crippen LogP contribution in [0.15, 0.2) is 42.5 Å². The number of methoxy groups -OCH3 is 1. The lowest BCUT2D eigenvalue weighted by Gasteiger charge is -2.41. The molecule has 8 nitrogen and oxygen atoms in total. The molecule has 0 aromatic heterocycles. The van der Waals surface area contributed by atoms with E-state index in [1.54, 1.807) is 13.2 Å². The second-order valence-corrected chi connectivity index (χ2v) is 9.38. The van der Waals surface area contributed by atoms with Crippen LogP contribution in [0.1, 0.15) is 41.6 Å². The van der Waals surface area contributed by atoms with Crippen molar-refractivity contribution in [2.45, 2.75) is 44.2 Å². The maximum atomic E-state index is 13.1. The minimum atomic E-state index is -0.273. The van der Waals surface area contributed by atoms with Gasteiger partial charge in [0.05, 0.1) is 24.8 Å². The Labute approximate surface area is 206 Å². The number of para-hydroxylation sites is 1. The summed E-state index contributed by atoms with van der Waals surface area (Å²) in [5, 5.41) is 3.34. The lowest BCUT2D eigenvalue weighted by atomic mass is 10.00. The van der Waals surface area contributed by atoms with Crippen molar-refractivity contribution in [2.75, 3.05) is 44.9 Å². The Morgan fingerprint density at radius 2 is 1.86 bits per heavy atom. The molecule has 2 saturated heterocycles. The molecule has 0 atom stereocenters. The minimum absolute atomic E-state index is 0.0965. The van der Waals surface area contributed by atoms with Gasteiger partial charge in [0.15, 0.2) is 6.73 Å². The van der Waals surface area contributed by atoms with Crippen molar-refractivity contribution < 1.29 is 23.8 Å². The molecule has 0 unspecified atom stereocenters. The summed E-state index contributed by atoms with van der Waals surface area (Å²) in [5.41, 5.74) is 2.40. The van der Waals surface area contributed by atoms with Gasteiger partial charge in [-0.2, -0.15) is 0 Å². The number of hydrogen-bond acceptors (Lipinski definition) is 7. The number of cyclic esters (lactones) is 1. The molecule has 2 aromatic carbocycles. The van der Waals surface area contributed by atoms with Crippen LogP contribution in [0, 0.1) is 0 Å². The van der Waals surface area contributed by atoms with Crippen LogP contribution in [0.2, 0.25) is 0 Å². The van der Waals surface area contributed by atoms with Crippen LogP contribution < -0.4 is 19.7 Å². The molecule has 0 spiro atoms. The van der Waals surface area contributed by atoms with E-state index in [2.05, 4.69) is 10.2 Å². The van der Waals surface area contributed by atoms with Gasteiger partial charge in [-0.15, -0.1) is 0 Å². The quantitative estimate of drug-likeness (QED) is 0.638. The smallest absolute Gasteiger partial charge is 0.341 e. The Hall–Kier alpha value is -3.26. The van der Waals surface area contributed by atoms with Gasteiger partial charge < -0.3 is 29.3 Å². The van der Waals surface area contributed by atoms with Crippen LogP contribution in [0.3, 0.4) is 0 Å². The fraction of sp³-hybridized carbons (Fsp3) is 0.481. The molecule has 0 saturated carbocycles. The molecule has 186 valence electrons. The fourth-order valence-corrected chi connectivity index (χ4v) is 5.23. The van der Waals surface area contributed by atoms with Crippen molar-refractivity contribution in [3.05, 3.63) is 53.6 Å². The van der Waals surface area contributed by atoms with Crippen LogP contribution in [0.4, 0.5) is 5.69 Å². The lowest BCUT2D eigenvalue weighted by molar-refractivity contribution is -0.131. The van der Waals surface area contributed by atoms with Crippen molar-refractivity contribution in [3.63, 3.8) is 0 Å². The average molecular weight is 480 g/mol. The van der Waals surface area contributed by atoms with Crippen LogP contribution in [0.5, 0.6) is 11.5 Å². The van der Waals surface area contributed by atoms with E-state index in [-0.39, 0.29) is 30.8 Å². The summed E-state index contributed by atoms with van der Waals surface area (Å²) >= 11 is 0. The number of amides is 1. The molecule has 0 aliphatic carbocycles. The molecule has 2 aromatic rings. The maximum absolute atomic E-state index is 13.1. The number of piperidine rings is 2. The summed E-state index contributed by atoms with van der Waals surface area (Å²) in [6, 6.07) is 13.6. The Kier molecular flexibility index (Phi) is 7.08. The second-order valence-electron chi connectivity index (χ2n) is 9.38. The number of fused-ring (bicyclic) bond motifs is 1. The molecule has 0 bridgehead atoms. The molecular formula is C27H33N3O5. The Balaban J connectivity index is 1.18. The average Bonchev–Trinajstić information content (AvgIpc) is 2.90. The van der Waals surface area contributed by atoms with Gasteiger partial charge in [-0.3, -0.25) is 4.79 Å². The van der Waals surface area contributed by atoms with Gasteiger partial charge in [0.25, 0.3) is 0 Å². The van der Waals surface area contributed by atoms with Crippen molar-refractivity contribution in [2.24, 2.45) is 0 Å². The Morgan fingerprint density at radius 1 is 1.09 bits per heavy atom. The molecule has 3 heterocycles. The summed E-state index contributed by atoms with van der Waals surface area (Å²) in [7, 11) is 1.63. The number of esters is 1. The van der Waals surface area contributed by atoms with E-state index in [0.717, 1.165) is 55.8 Å². The number of likely N-dealkylation sites (tertiary alicyclic amines) is 1. The normalized spacial score (nSPS) is 19.2. The van der Waals surface area contributed by atoms with Crippen molar-refractivity contribution in [1.29, 1.82) is 0 Å².